The van der Waals surface area contributed by atoms with Crippen LogP contribution in [0.15, 0.2) is 17.2 Å². The summed E-state index contributed by atoms with van der Waals surface area (Å²) in [6.45, 7) is 14.8. The van der Waals surface area contributed by atoms with Gasteiger partial charge in [-0.2, -0.15) is 5.25 Å². The fourth-order valence-corrected chi connectivity index (χ4v) is 3.22. The van der Waals surface area contributed by atoms with Gasteiger partial charge in [0.05, 0.1) is 4.90 Å². The van der Waals surface area contributed by atoms with E-state index in [0.717, 1.165) is 11.3 Å². The van der Waals surface area contributed by atoms with Crippen molar-refractivity contribution in [1.82, 2.24) is 4.98 Å². The van der Waals surface area contributed by atoms with Crippen LogP contribution in [0.5, 0.6) is 0 Å². The first kappa shape index (κ1) is 18.7. The zero-order valence-corrected chi connectivity index (χ0v) is 15.8. The van der Waals surface area contributed by atoms with Crippen LogP contribution < -0.4 is 51.4 Å². The van der Waals surface area contributed by atoms with Crippen LogP contribution in [0.2, 0.25) is 0 Å². The van der Waals surface area contributed by atoms with Crippen LogP contribution in [0.1, 0.15) is 32.0 Å². The summed E-state index contributed by atoms with van der Waals surface area (Å²) in [5, 5.41) is -0.912. The van der Waals surface area contributed by atoms with Crippen molar-refractivity contribution in [2.24, 2.45) is 0 Å². The minimum atomic E-state index is -3.48. The van der Waals surface area contributed by atoms with E-state index in [1.807, 2.05) is 27.7 Å². The van der Waals surface area contributed by atoms with Gasteiger partial charge in [0.25, 0.3) is 0 Å². The van der Waals surface area contributed by atoms with Gasteiger partial charge in [0.1, 0.15) is 9.84 Å². The Hall–Kier alpha value is 0.736. The van der Waals surface area contributed by atoms with Crippen LogP contribution in [0.3, 0.4) is 0 Å². The van der Waals surface area contributed by atoms with Gasteiger partial charge in [-0.05, 0) is 24.0 Å². The maximum absolute atomic E-state index is 12.2. The van der Waals surface area contributed by atoms with Crippen molar-refractivity contribution < 1.29 is 59.8 Å². The van der Waals surface area contributed by atoms with E-state index < -0.39 is 15.1 Å². The molecule has 0 amide bonds. The summed E-state index contributed by atoms with van der Waals surface area (Å²) >= 11 is 0. The van der Waals surface area contributed by atoms with Gasteiger partial charge in [0, 0.05) is 11.9 Å². The van der Waals surface area contributed by atoms with E-state index in [1.54, 1.807) is 0 Å². The van der Waals surface area contributed by atoms with Gasteiger partial charge in [-0.1, -0.05) is 20.8 Å². The van der Waals surface area contributed by atoms with E-state index in [-0.39, 0.29) is 56.8 Å². The molecule has 0 atom stereocenters. The second kappa shape index (κ2) is 6.46. The fraction of sp³-hybridized carbons (Fsp3) is 0.462. The molecule has 0 aliphatic heterocycles. The van der Waals surface area contributed by atoms with Gasteiger partial charge in [-0.3, -0.25) is 4.98 Å². The molecule has 0 aromatic carbocycles. The first-order valence-corrected chi connectivity index (χ1v) is 6.99. The Labute approximate surface area is 153 Å². The number of hydrogen-bond donors (Lipinski definition) is 0. The molecule has 0 saturated heterocycles. The summed E-state index contributed by atoms with van der Waals surface area (Å²) in [5.74, 6) is 0. The van der Waals surface area contributed by atoms with E-state index in [1.165, 1.54) is 12.3 Å². The molecule has 96 valence electrons. The monoisotopic (exact) mass is 292 g/mol. The third kappa shape index (κ3) is 3.87. The average molecular weight is 292 g/mol. The van der Waals surface area contributed by atoms with Crippen molar-refractivity contribution >= 4 is 9.84 Å². The first-order valence-electron chi connectivity index (χ1n) is 5.44. The van der Waals surface area contributed by atoms with Crippen LogP contribution in [0.25, 0.3) is 0 Å². The molecule has 1 heterocycles. The zero-order valence-electron chi connectivity index (χ0n) is 11.8. The number of aromatic nitrogens is 1. The summed E-state index contributed by atoms with van der Waals surface area (Å²) in [7, 11) is -3.48. The summed E-state index contributed by atoms with van der Waals surface area (Å²) in [6.07, 6.45) is 1.51. The molecule has 0 spiro atoms. The van der Waals surface area contributed by atoms with Gasteiger partial charge in [-0.25, -0.2) is 8.42 Å². The van der Waals surface area contributed by atoms with Gasteiger partial charge < -0.3 is 13.8 Å². The summed E-state index contributed by atoms with van der Waals surface area (Å²) in [4.78, 5) is 4.47. The van der Waals surface area contributed by atoms with Crippen molar-refractivity contribution in [1.29, 1.82) is 0 Å². The molecule has 0 bridgehead atoms. The molecular formula is C13H19KNO2S-. The Bertz CT molecular complexity index is 516. The van der Waals surface area contributed by atoms with E-state index in [9.17, 15) is 8.42 Å². The van der Waals surface area contributed by atoms with Crippen LogP contribution in [-0.2, 0) is 15.3 Å². The fourth-order valence-electron chi connectivity index (χ4n) is 1.87. The van der Waals surface area contributed by atoms with Gasteiger partial charge in [-0.15, -0.1) is 0 Å². The first-order chi connectivity index (χ1) is 7.58. The molecule has 1 aromatic rings. The summed E-state index contributed by atoms with van der Waals surface area (Å²) in [5.41, 5.74) is 1.20. The Balaban J connectivity index is 0.00000289. The molecule has 1 aromatic heterocycles. The number of sulfone groups is 1. The number of aryl methyl sites for hydroxylation is 1. The van der Waals surface area contributed by atoms with Crippen molar-refractivity contribution in [2.75, 3.05) is 0 Å². The molecular weight excluding hydrogens is 273 g/mol. The molecule has 1 rings (SSSR count). The SMILES string of the molecule is [CH2-]C([CH2-])S(=O)(=O)c1ccnc(C)c1C(C)(C)C.[K+]. The molecule has 0 N–H and O–H groups in total. The predicted molar refractivity (Wildman–Crippen MR) is 69.4 cm³/mol. The molecule has 0 fully saturated rings. The van der Waals surface area contributed by atoms with Crippen LogP contribution in [-0.4, -0.2) is 18.7 Å². The standard InChI is InChI=1S/C13H19NO2S.K/c1-9(2)17(15,16)11-7-8-14-10(3)12(11)13(4,5)6;/h7-9H,1-2H2,3-6H3;/q-2;+1. The Kier molecular flexibility index (Phi) is 6.72. The smallest absolute Gasteiger partial charge is 0.355 e. The largest absolute Gasteiger partial charge is 1.00 e. The number of hydrogen-bond acceptors (Lipinski definition) is 3. The molecule has 0 aliphatic carbocycles. The predicted octanol–water partition coefficient (Wildman–Crippen LogP) is -0.498. The molecule has 0 unspecified atom stereocenters. The molecule has 0 radical (unpaired) electrons. The summed E-state index contributed by atoms with van der Waals surface area (Å²) < 4.78 is 24.4. The second-order valence-electron chi connectivity index (χ2n) is 5.19. The third-order valence-electron chi connectivity index (χ3n) is 2.60. The van der Waals surface area contributed by atoms with Crippen molar-refractivity contribution in [3.8, 4) is 0 Å². The second-order valence-corrected chi connectivity index (χ2v) is 7.38. The third-order valence-corrected chi connectivity index (χ3v) is 4.43. The average Bonchev–Trinajstić information content (AvgIpc) is 2.14. The van der Waals surface area contributed by atoms with Crippen molar-refractivity contribution in [3.05, 3.63) is 37.4 Å². The molecule has 0 saturated carbocycles. The topological polar surface area (TPSA) is 47.0 Å². The molecule has 3 nitrogen and oxygen atoms in total. The quantitative estimate of drug-likeness (QED) is 0.545. The van der Waals surface area contributed by atoms with Crippen LogP contribution in [0.4, 0.5) is 0 Å². The normalized spacial score (nSPS) is 12.4. The number of nitrogens with zero attached hydrogens (tertiary/aromatic N) is 1. The van der Waals surface area contributed by atoms with Crippen molar-refractivity contribution in [3.63, 3.8) is 0 Å². The van der Waals surface area contributed by atoms with Gasteiger partial charge >= 0.3 is 51.4 Å². The maximum Gasteiger partial charge on any atom is 1.00 e. The van der Waals surface area contributed by atoms with Crippen LogP contribution >= 0.6 is 0 Å². The number of pyridine rings is 1. The van der Waals surface area contributed by atoms with E-state index in [4.69, 9.17) is 0 Å². The molecule has 5 heteroatoms. The Morgan fingerprint density at radius 1 is 1.28 bits per heavy atom. The maximum atomic E-state index is 12.2. The van der Waals surface area contributed by atoms with E-state index in [2.05, 4.69) is 18.8 Å². The number of rotatable bonds is 2. The van der Waals surface area contributed by atoms with Gasteiger partial charge in [0.2, 0.25) is 0 Å². The Morgan fingerprint density at radius 2 is 1.78 bits per heavy atom. The minimum absolute atomic E-state index is 0. The molecule has 0 aliphatic rings. The van der Waals surface area contributed by atoms with Crippen LogP contribution in [0, 0.1) is 20.8 Å². The van der Waals surface area contributed by atoms with Crippen molar-refractivity contribution in [2.45, 2.75) is 43.3 Å². The molecule has 18 heavy (non-hydrogen) atoms. The van der Waals surface area contributed by atoms with E-state index >= 15 is 0 Å². The minimum Gasteiger partial charge on any atom is -0.355 e. The van der Waals surface area contributed by atoms with Gasteiger partial charge in [0.15, 0.2) is 0 Å². The zero-order chi connectivity index (χ0) is 13.4. The Morgan fingerprint density at radius 3 is 2.17 bits per heavy atom. The van der Waals surface area contributed by atoms with E-state index in [0.29, 0.717) is 4.90 Å². The summed E-state index contributed by atoms with van der Waals surface area (Å²) in [6, 6.07) is 1.53.